The Hall–Kier alpha value is -2.37. The van der Waals surface area contributed by atoms with E-state index < -0.39 is 0 Å². The van der Waals surface area contributed by atoms with Crippen LogP contribution in [0.5, 0.6) is 0 Å². The van der Waals surface area contributed by atoms with Gasteiger partial charge >= 0.3 is 0 Å². The molecule has 0 saturated carbocycles. The molecular weight excluding hydrogens is 369 g/mol. The van der Waals surface area contributed by atoms with E-state index in [1.165, 1.54) is 5.56 Å². The Balaban J connectivity index is 1.82. The van der Waals surface area contributed by atoms with Crippen LogP contribution in [0.3, 0.4) is 0 Å². The molecule has 0 aliphatic carbocycles. The van der Waals surface area contributed by atoms with Crippen LogP contribution < -0.4 is 10.2 Å². The van der Waals surface area contributed by atoms with E-state index in [2.05, 4.69) is 51.4 Å². The van der Waals surface area contributed by atoms with Crippen LogP contribution in [0.25, 0.3) is 0 Å². The summed E-state index contributed by atoms with van der Waals surface area (Å²) in [6.07, 6.45) is 1.58. The fraction of sp³-hybridized carbons (Fsp3) is 0.211. The zero-order valence-electron chi connectivity index (χ0n) is 14.5. The van der Waals surface area contributed by atoms with Crippen LogP contribution in [0, 0.1) is 0 Å². The minimum absolute atomic E-state index is 0.220. The van der Waals surface area contributed by atoms with E-state index >= 15 is 0 Å². The van der Waals surface area contributed by atoms with Gasteiger partial charge in [0, 0.05) is 18.3 Å². The monoisotopic (exact) mass is 387 g/mol. The summed E-state index contributed by atoms with van der Waals surface area (Å²) in [6.45, 7) is 4.91. The van der Waals surface area contributed by atoms with Gasteiger partial charge in [-0.2, -0.15) is 10.1 Å². The summed E-state index contributed by atoms with van der Waals surface area (Å²) in [7, 11) is 0. The molecule has 0 aliphatic rings. The van der Waals surface area contributed by atoms with Gasteiger partial charge in [0.1, 0.15) is 0 Å². The van der Waals surface area contributed by atoms with Crippen molar-refractivity contribution in [2.24, 2.45) is 0 Å². The van der Waals surface area contributed by atoms with Crippen molar-refractivity contribution in [1.29, 1.82) is 0 Å². The Bertz CT molecular complexity index is 871. The van der Waals surface area contributed by atoms with Gasteiger partial charge in [-0.3, -0.25) is 0 Å². The van der Waals surface area contributed by atoms with Crippen LogP contribution in [-0.2, 0) is 6.54 Å². The van der Waals surface area contributed by atoms with E-state index in [4.69, 9.17) is 23.2 Å². The van der Waals surface area contributed by atoms with Gasteiger partial charge in [-0.1, -0.05) is 53.5 Å². The zero-order valence-corrected chi connectivity index (χ0v) is 16.0. The van der Waals surface area contributed by atoms with Crippen molar-refractivity contribution >= 4 is 40.7 Å². The minimum Gasteiger partial charge on any atom is -0.339 e. The van der Waals surface area contributed by atoms with Crippen molar-refractivity contribution in [3.8, 4) is 0 Å². The largest absolute Gasteiger partial charge is 0.339 e. The van der Waals surface area contributed by atoms with Crippen LogP contribution >= 0.6 is 23.2 Å². The van der Waals surface area contributed by atoms with E-state index in [0.29, 0.717) is 28.4 Å². The molecule has 26 heavy (non-hydrogen) atoms. The van der Waals surface area contributed by atoms with E-state index in [0.717, 1.165) is 5.69 Å². The highest BCUT2D eigenvalue weighted by atomic mass is 35.5. The van der Waals surface area contributed by atoms with Crippen LogP contribution in [0.4, 0.5) is 17.5 Å². The SMILES string of the molecule is CC(C)N(Cc1ccccc1)c1nncc(Nc2ccc(Cl)c(Cl)c2)n1. The van der Waals surface area contributed by atoms with E-state index in [-0.39, 0.29) is 6.04 Å². The molecular formula is C19H19Cl2N5. The molecule has 2 aromatic carbocycles. The van der Waals surface area contributed by atoms with Crippen LogP contribution in [0.15, 0.2) is 54.7 Å². The van der Waals surface area contributed by atoms with Gasteiger partial charge in [0.25, 0.3) is 0 Å². The summed E-state index contributed by atoms with van der Waals surface area (Å²) in [5.74, 6) is 1.15. The van der Waals surface area contributed by atoms with Gasteiger partial charge in [-0.15, -0.1) is 5.10 Å². The number of hydrogen-bond acceptors (Lipinski definition) is 5. The molecule has 3 aromatic rings. The maximum atomic E-state index is 6.07. The Labute approximate surface area is 163 Å². The number of benzene rings is 2. The van der Waals surface area contributed by atoms with Crippen molar-refractivity contribution in [1.82, 2.24) is 15.2 Å². The van der Waals surface area contributed by atoms with Crippen molar-refractivity contribution < 1.29 is 0 Å². The topological polar surface area (TPSA) is 53.9 Å². The van der Waals surface area contributed by atoms with Crippen molar-refractivity contribution in [2.75, 3.05) is 10.2 Å². The first-order chi connectivity index (χ1) is 12.5. The molecule has 1 N–H and O–H groups in total. The van der Waals surface area contributed by atoms with Crippen molar-refractivity contribution in [3.05, 3.63) is 70.3 Å². The van der Waals surface area contributed by atoms with Crippen LogP contribution in [0.1, 0.15) is 19.4 Å². The molecule has 0 amide bonds. The first kappa shape index (κ1) is 18.4. The molecule has 0 saturated heterocycles. The maximum Gasteiger partial charge on any atom is 0.247 e. The van der Waals surface area contributed by atoms with Gasteiger partial charge in [0.05, 0.1) is 16.2 Å². The first-order valence-electron chi connectivity index (χ1n) is 8.25. The van der Waals surface area contributed by atoms with Gasteiger partial charge < -0.3 is 10.2 Å². The number of hydrogen-bond donors (Lipinski definition) is 1. The normalized spacial score (nSPS) is 10.8. The average molecular weight is 388 g/mol. The molecule has 0 fully saturated rings. The first-order valence-corrected chi connectivity index (χ1v) is 9.01. The lowest BCUT2D eigenvalue weighted by Gasteiger charge is -2.26. The van der Waals surface area contributed by atoms with Gasteiger partial charge in [0.2, 0.25) is 5.95 Å². The molecule has 0 atom stereocenters. The number of halogens is 2. The Morgan fingerprint density at radius 3 is 2.50 bits per heavy atom. The third-order valence-corrected chi connectivity index (χ3v) is 4.55. The summed E-state index contributed by atoms with van der Waals surface area (Å²) in [6, 6.07) is 15.7. The van der Waals surface area contributed by atoms with E-state index in [1.807, 2.05) is 24.3 Å². The number of nitrogens with zero attached hydrogens (tertiary/aromatic N) is 4. The second kappa shape index (κ2) is 8.34. The lowest BCUT2D eigenvalue weighted by atomic mass is 10.2. The molecule has 0 aliphatic heterocycles. The molecule has 1 aromatic heterocycles. The Kier molecular flexibility index (Phi) is 5.91. The number of rotatable bonds is 6. The molecule has 0 bridgehead atoms. The lowest BCUT2D eigenvalue weighted by Crippen LogP contribution is -2.32. The zero-order chi connectivity index (χ0) is 18.5. The lowest BCUT2D eigenvalue weighted by molar-refractivity contribution is 0.653. The minimum atomic E-state index is 0.220. The van der Waals surface area contributed by atoms with Gasteiger partial charge in [-0.05, 0) is 37.6 Å². The standard InChI is InChI=1S/C19H19Cl2N5/c1-13(2)26(12-14-6-4-3-5-7-14)19-24-18(11-22-25-19)23-15-8-9-16(20)17(21)10-15/h3-11,13H,12H2,1-2H3,(H,23,24,25). The second-order valence-corrected chi connectivity index (χ2v) is 6.92. The van der Waals surface area contributed by atoms with E-state index in [9.17, 15) is 0 Å². The summed E-state index contributed by atoms with van der Waals surface area (Å²) in [5.41, 5.74) is 1.97. The quantitative estimate of drug-likeness (QED) is 0.618. The second-order valence-electron chi connectivity index (χ2n) is 6.10. The third-order valence-electron chi connectivity index (χ3n) is 3.82. The van der Waals surface area contributed by atoms with Crippen molar-refractivity contribution in [3.63, 3.8) is 0 Å². The van der Waals surface area contributed by atoms with Crippen LogP contribution in [0.2, 0.25) is 10.0 Å². The fourth-order valence-electron chi connectivity index (χ4n) is 2.46. The highest BCUT2D eigenvalue weighted by Crippen LogP contribution is 2.26. The van der Waals surface area contributed by atoms with E-state index in [1.54, 1.807) is 18.3 Å². The van der Waals surface area contributed by atoms with Crippen LogP contribution in [-0.4, -0.2) is 21.2 Å². The molecule has 0 spiro atoms. The summed E-state index contributed by atoms with van der Waals surface area (Å²) < 4.78 is 0. The van der Waals surface area contributed by atoms with Gasteiger partial charge in [0.15, 0.2) is 5.82 Å². The Morgan fingerprint density at radius 1 is 1.04 bits per heavy atom. The summed E-state index contributed by atoms with van der Waals surface area (Å²) >= 11 is 12.0. The van der Waals surface area contributed by atoms with Crippen molar-refractivity contribution in [2.45, 2.75) is 26.4 Å². The highest BCUT2D eigenvalue weighted by molar-refractivity contribution is 6.42. The smallest absolute Gasteiger partial charge is 0.247 e. The number of aromatic nitrogens is 3. The predicted octanol–water partition coefficient (Wildman–Crippen LogP) is 5.34. The maximum absolute atomic E-state index is 6.07. The third kappa shape index (κ3) is 4.62. The summed E-state index contributed by atoms with van der Waals surface area (Å²) in [4.78, 5) is 6.70. The molecule has 7 heteroatoms. The molecule has 134 valence electrons. The molecule has 0 radical (unpaired) electrons. The molecule has 0 unspecified atom stereocenters. The predicted molar refractivity (Wildman–Crippen MR) is 107 cm³/mol. The highest BCUT2D eigenvalue weighted by Gasteiger charge is 2.15. The molecule has 5 nitrogen and oxygen atoms in total. The Morgan fingerprint density at radius 2 is 1.81 bits per heavy atom. The number of nitrogens with one attached hydrogen (secondary N) is 1. The average Bonchev–Trinajstić information content (AvgIpc) is 2.64. The number of anilines is 3. The van der Waals surface area contributed by atoms with Gasteiger partial charge in [-0.25, -0.2) is 0 Å². The molecule has 1 heterocycles. The molecule has 3 rings (SSSR count). The summed E-state index contributed by atoms with van der Waals surface area (Å²) in [5, 5.41) is 12.5. The fourth-order valence-corrected chi connectivity index (χ4v) is 2.76.